The molecule has 15 heavy (non-hydrogen) atoms. The number of oxazole rings is 1. The third-order valence-corrected chi connectivity index (χ3v) is 2.47. The molecule has 1 aromatic heterocycles. The first-order valence-electron chi connectivity index (χ1n) is 5.06. The second kappa shape index (κ2) is 4.64. The van der Waals surface area contributed by atoms with Gasteiger partial charge in [0, 0.05) is 13.0 Å². The average molecular weight is 225 g/mol. The monoisotopic (exact) mass is 224 g/mol. The second-order valence-corrected chi connectivity index (χ2v) is 3.71. The van der Waals surface area contributed by atoms with Crippen LogP contribution in [-0.4, -0.2) is 18.1 Å². The molecule has 2 rings (SSSR count). The maximum absolute atomic E-state index is 5.98. The minimum absolute atomic E-state index is 0.620. The number of aromatic nitrogens is 1. The highest BCUT2D eigenvalue weighted by Crippen LogP contribution is 2.23. The zero-order valence-electron chi connectivity index (χ0n) is 8.59. The zero-order chi connectivity index (χ0) is 10.7. The van der Waals surface area contributed by atoms with E-state index in [1.807, 2.05) is 18.2 Å². The number of rotatable bonds is 4. The first-order valence-corrected chi connectivity index (χ1v) is 5.43. The highest BCUT2D eigenvalue weighted by molar-refractivity contribution is 6.34. The van der Waals surface area contributed by atoms with Gasteiger partial charge in [0.05, 0.1) is 5.02 Å². The fourth-order valence-electron chi connectivity index (χ4n) is 1.44. The fraction of sp³-hybridized carbons (Fsp3) is 0.364. The molecule has 2 aromatic rings. The van der Waals surface area contributed by atoms with Gasteiger partial charge >= 0.3 is 0 Å². The smallest absolute Gasteiger partial charge is 0.196 e. The number of nitrogens with zero attached hydrogens (tertiary/aromatic N) is 1. The van der Waals surface area contributed by atoms with Crippen LogP contribution in [0.5, 0.6) is 0 Å². The summed E-state index contributed by atoms with van der Waals surface area (Å²) in [6, 6.07) is 5.59. The normalized spacial score (nSPS) is 11.1. The van der Waals surface area contributed by atoms with E-state index in [-0.39, 0.29) is 0 Å². The summed E-state index contributed by atoms with van der Waals surface area (Å²) in [5.41, 5.74) is 1.51. The van der Waals surface area contributed by atoms with Crippen molar-refractivity contribution in [3.05, 3.63) is 29.1 Å². The standard InChI is InChI=1S/C11H13ClN2O/c1-2-13-7-6-10-14-9-5-3-4-8(12)11(9)15-10/h3-5,13H,2,6-7H2,1H3. The van der Waals surface area contributed by atoms with Crippen LogP contribution in [0.2, 0.25) is 5.02 Å². The van der Waals surface area contributed by atoms with Crippen LogP contribution in [0.15, 0.2) is 22.6 Å². The van der Waals surface area contributed by atoms with Gasteiger partial charge in [-0.05, 0) is 18.7 Å². The van der Waals surface area contributed by atoms with E-state index in [0.29, 0.717) is 10.6 Å². The van der Waals surface area contributed by atoms with E-state index in [0.717, 1.165) is 30.9 Å². The van der Waals surface area contributed by atoms with Crippen molar-refractivity contribution in [3.63, 3.8) is 0 Å². The lowest BCUT2D eigenvalue weighted by Gasteiger charge is -1.95. The molecule has 0 unspecified atom stereocenters. The minimum atomic E-state index is 0.620. The molecule has 0 fully saturated rings. The summed E-state index contributed by atoms with van der Waals surface area (Å²) in [4.78, 5) is 4.35. The van der Waals surface area contributed by atoms with E-state index in [1.165, 1.54) is 0 Å². The molecule has 0 radical (unpaired) electrons. The SMILES string of the molecule is CCNCCc1nc2cccc(Cl)c2o1. The molecule has 0 aliphatic heterocycles. The van der Waals surface area contributed by atoms with E-state index < -0.39 is 0 Å². The van der Waals surface area contributed by atoms with Crippen molar-refractivity contribution in [2.75, 3.05) is 13.1 Å². The van der Waals surface area contributed by atoms with Gasteiger partial charge in [0.2, 0.25) is 0 Å². The predicted molar refractivity (Wildman–Crippen MR) is 61.3 cm³/mol. The molecule has 0 saturated carbocycles. The number of benzene rings is 1. The first-order chi connectivity index (χ1) is 7.31. The van der Waals surface area contributed by atoms with Crippen molar-refractivity contribution in [2.24, 2.45) is 0 Å². The topological polar surface area (TPSA) is 38.1 Å². The summed E-state index contributed by atoms with van der Waals surface area (Å²) in [6.45, 7) is 3.91. The number of nitrogens with one attached hydrogen (secondary N) is 1. The zero-order valence-corrected chi connectivity index (χ0v) is 9.34. The summed E-state index contributed by atoms with van der Waals surface area (Å²) < 4.78 is 5.56. The maximum Gasteiger partial charge on any atom is 0.196 e. The number of hydrogen-bond donors (Lipinski definition) is 1. The molecule has 1 heterocycles. The van der Waals surface area contributed by atoms with Crippen molar-refractivity contribution in [1.29, 1.82) is 0 Å². The van der Waals surface area contributed by atoms with Crippen molar-refractivity contribution in [3.8, 4) is 0 Å². The van der Waals surface area contributed by atoms with Gasteiger partial charge in [-0.2, -0.15) is 0 Å². The largest absolute Gasteiger partial charge is 0.439 e. The van der Waals surface area contributed by atoms with Crippen LogP contribution in [0.25, 0.3) is 11.1 Å². The van der Waals surface area contributed by atoms with Crippen LogP contribution in [0, 0.1) is 0 Å². The molecule has 80 valence electrons. The van der Waals surface area contributed by atoms with Gasteiger partial charge in [-0.15, -0.1) is 0 Å². The van der Waals surface area contributed by atoms with Crippen LogP contribution in [0.4, 0.5) is 0 Å². The van der Waals surface area contributed by atoms with Crippen molar-refractivity contribution in [2.45, 2.75) is 13.3 Å². The van der Waals surface area contributed by atoms with Crippen LogP contribution in [0.1, 0.15) is 12.8 Å². The molecule has 0 spiro atoms. The van der Waals surface area contributed by atoms with E-state index >= 15 is 0 Å². The lowest BCUT2D eigenvalue weighted by atomic mass is 10.3. The minimum Gasteiger partial charge on any atom is -0.439 e. The number of fused-ring (bicyclic) bond motifs is 1. The van der Waals surface area contributed by atoms with Gasteiger partial charge in [0.1, 0.15) is 5.52 Å². The molecular formula is C11H13ClN2O. The number of para-hydroxylation sites is 1. The molecular weight excluding hydrogens is 212 g/mol. The lowest BCUT2D eigenvalue weighted by Crippen LogP contribution is -2.16. The molecule has 0 aliphatic carbocycles. The van der Waals surface area contributed by atoms with Gasteiger partial charge in [0.15, 0.2) is 11.5 Å². The Morgan fingerprint density at radius 1 is 1.47 bits per heavy atom. The van der Waals surface area contributed by atoms with Gasteiger partial charge < -0.3 is 9.73 Å². The predicted octanol–water partition coefficient (Wildman–Crippen LogP) is 2.63. The third-order valence-electron chi connectivity index (χ3n) is 2.18. The fourth-order valence-corrected chi connectivity index (χ4v) is 1.65. The lowest BCUT2D eigenvalue weighted by molar-refractivity contribution is 0.518. The molecule has 1 N–H and O–H groups in total. The third kappa shape index (κ3) is 2.30. The summed E-state index contributed by atoms with van der Waals surface area (Å²) in [5.74, 6) is 0.735. The van der Waals surface area contributed by atoms with Crippen molar-refractivity contribution < 1.29 is 4.42 Å². The highest BCUT2D eigenvalue weighted by atomic mass is 35.5. The van der Waals surface area contributed by atoms with Crippen LogP contribution < -0.4 is 5.32 Å². The van der Waals surface area contributed by atoms with Crippen LogP contribution in [-0.2, 0) is 6.42 Å². The quantitative estimate of drug-likeness (QED) is 0.812. The number of likely N-dealkylation sites (N-methyl/N-ethyl adjacent to an activating group) is 1. The molecule has 4 heteroatoms. The Labute approximate surface area is 93.4 Å². The van der Waals surface area contributed by atoms with E-state index in [9.17, 15) is 0 Å². The molecule has 0 amide bonds. The maximum atomic E-state index is 5.98. The molecule has 1 aromatic carbocycles. The number of hydrogen-bond acceptors (Lipinski definition) is 3. The molecule has 0 aliphatic rings. The Balaban J connectivity index is 2.20. The van der Waals surface area contributed by atoms with Gasteiger partial charge in [-0.3, -0.25) is 0 Å². The molecule has 3 nitrogen and oxygen atoms in total. The summed E-state index contributed by atoms with van der Waals surface area (Å²) >= 11 is 5.98. The highest BCUT2D eigenvalue weighted by Gasteiger charge is 2.07. The molecule has 0 bridgehead atoms. The number of halogens is 1. The Morgan fingerprint density at radius 3 is 3.07 bits per heavy atom. The van der Waals surface area contributed by atoms with Crippen molar-refractivity contribution >= 4 is 22.7 Å². The molecule has 0 saturated heterocycles. The summed E-state index contributed by atoms with van der Waals surface area (Å²) in [5, 5.41) is 3.84. The van der Waals surface area contributed by atoms with Gasteiger partial charge in [-0.1, -0.05) is 24.6 Å². The van der Waals surface area contributed by atoms with Crippen LogP contribution >= 0.6 is 11.6 Å². The van der Waals surface area contributed by atoms with Crippen LogP contribution in [0.3, 0.4) is 0 Å². The van der Waals surface area contributed by atoms with E-state index in [4.69, 9.17) is 16.0 Å². The first kappa shape index (κ1) is 10.5. The summed E-state index contributed by atoms with van der Waals surface area (Å²) in [6.07, 6.45) is 0.791. The average Bonchev–Trinajstić information content (AvgIpc) is 2.63. The second-order valence-electron chi connectivity index (χ2n) is 3.30. The Kier molecular flexibility index (Phi) is 3.23. The Bertz CT molecular complexity index is 453. The van der Waals surface area contributed by atoms with E-state index in [2.05, 4.69) is 17.2 Å². The van der Waals surface area contributed by atoms with Gasteiger partial charge in [0.25, 0.3) is 0 Å². The van der Waals surface area contributed by atoms with E-state index in [1.54, 1.807) is 0 Å². The molecule has 0 atom stereocenters. The Morgan fingerprint density at radius 2 is 2.33 bits per heavy atom. The summed E-state index contributed by atoms with van der Waals surface area (Å²) in [7, 11) is 0. The van der Waals surface area contributed by atoms with Crippen molar-refractivity contribution in [1.82, 2.24) is 10.3 Å². The Hall–Kier alpha value is -1.06. The van der Waals surface area contributed by atoms with Gasteiger partial charge in [-0.25, -0.2) is 4.98 Å².